The van der Waals surface area contributed by atoms with Gasteiger partial charge in [-0.1, -0.05) is 17.3 Å². The molecule has 0 spiro atoms. The number of nitrogens with one attached hydrogen (secondary N) is 1. The fourth-order valence-corrected chi connectivity index (χ4v) is 2.97. The van der Waals surface area contributed by atoms with E-state index in [-0.39, 0.29) is 5.84 Å². The molecule has 4 N–H and O–H groups in total. The summed E-state index contributed by atoms with van der Waals surface area (Å²) < 4.78 is 6.03. The Morgan fingerprint density at radius 2 is 1.90 bits per heavy atom. The van der Waals surface area contributed by atoms with Gasteiger partial charge in [0.15, 0.2) is 5.84 Å². The number of rotatable bonds is 7. The number of hydrogen-bond acceptors (Lipinski definition) is 6. The number of carbonyl (C=O) groups excluding carboxylic acids is 2. The van der Waals surface area contributed by atoms with Crippen LogP contribution in [-0.2, 0) is 4.79 Å². The number of oxime groups is 1. The first-order valence-corrected chi connectivity index (χ1v) is 9.69. The maximum absolute atomic E-state index is 12.8. The standard InChI is InChI=1S/C21H18BrN5O4/c1-31-16-7-8-17(18(10-16)27(12-28)19-9-6-15(22)11-24-19)25-21(29)14-4-2-13(3-5-14)20(23)26-30/h2-12,30H,1H3,(H2,23,26)(H,25,29). The molecular formula is C21H18BrN5O4. The van der Waals surface area contributed by atoms with E-state index < -0.39 is 5.91 Å². The average Bonchev–Trinajstić information content (AvgIpc) is 2.81. The zero-order valence-corrected chi connectivity index (χ0v) is 17.9. The van der Waals surface area contributed by atoms with Crippen molar-refractivity contribution in [3.8, 4) is 5.75 Å². The summed E-state index contributed by atoms with van der Waals surface area (Å²) in [6.07, 6.45) is 2.17. The van der Waals surface area contributed by atoms with Crippen LogP contribution < -0.4 is 20.7 Å². The Morgan fingerprint density at radius 1 is 1.19 bits per heavy atom. The highest BCUT2D eigenvalue weighted by atomic mass is 79.9. The van der Waals surface area contributed by atoms with Gasteiger partial charge in [0.25, 0.3) is 5.91 Å². The fraction of sp³-hybridized carbons (Fsp3) is 0.0476. The summed E-state index contributed by atoms with van der Waals surface area (Å²) in [4.78, 5) is 30.2. The van der Waals surface area contributed by atoms with Gasteiger partial charge in [0, 0.05) is 27.9 Å². The second kappa shape index (κ2) is 9.72. The predicted octanol–water partition coefficient (Wildman–Crippen LogP) is 3.49. The third-order valence-corrected chi connectivity index (χ3v) is 4.80. The number of amidine groups is 1. The van der Waals surface area contributed by atoms with Gasteiger partial charge >= 0.3 is 0 Å². The Bertz CT molecular complexity index is 1120. The van der Waals surface area contributed by atoms with E-state index in [4.69, 9.17) is 15.7 Å². The third kappa shape index (κ3) is 4.98. The van der Waals surface area contributed by atoms with Crippen molar-refractivity contribution in [1.82, 2.24) is 4.98 Å². The van der Waals surface area contributed by atoms with Crippen molar-refractivity contribution in [2.45, 2.75) is 0 Å². The van der Waals surface area contributed by atoms with E-state index in [1.165, 1.54) is 12.0 Å². The van der Waals surface area contributed by atoms with E-state index in [1.54, 1.807) is 60.8 Å². The van der Waals surface area contributed by atoms with Gasteiger partial charge in [-0.3, -0.25) is 14.5 Å². The first kappa shape index (κ1) is 21.8. The maximum Gasteiger partial charge on any atom is 0.255 e. The van der Waals surface area contributed by atoms with E-state index in [0.717, 1.165) is 4.47 Å². The zero-order valence-electron chi connectivity index (χ0n) is 16.3. The van der Waals surface area contributed by atoms with Crippen LogP contribution in [0.4, 0.5) is 17.2 Å². The Morgan fingerprint density at radius 3 is 2.48 bits per heavy atom. The minimum Gasteiger partial charge on any atom is -0.497 e. The summed E-state index contributed by atoms with van der Waals surface area (Å²) in [6, 6.07) is 14.5. The summed E-state index contributed by atoms with van der Waals surface area (Å²) in [5.41, 5.74) is 7.12. The number of amides is 2. The van der Waals surface area contributed by atoms with Crippen LogP contribution in [-0.4, -0.2) is 35.5 Å². The first-order chi connectivity index (χ1) is 15.0. The van der Waals surface area contributed by atoms with Gasteiger partial charge in [-0.2, -0.15) is 0 Å². The number of methoxy groups -OCH3 is 1. The smallest absolute Gasteiger partial charge is 0.255 e. The van der Waals surface area contributed by atoms with Crippen LogP contribution in [0.5, 0.6) is 5.75 Å². The van der Waals surface area contributed by atoms with Crippen LogP contribution in [0, 0.1) is 0 Å². The second-order valence-electron chi connectivity index (χ2n) is 6.21. The minimum atomic E-state index is -0.410. The minimum absolute atomic E-state index is 0.0620. The van der Waals surface area contributed by atoms with E-state index in [9.17, 15) is 9.59 Å². The molecule has 0 radical (unpaired) electrons. The Hall–Kier alpha value is -3.92. The molecular weight excluding hydrogens is 466 g/mol. The van der Waals surface area contributed by atoms with Crippen LogP contribution in [0.2, 0.25) is 0 Å². The van der Waals surface area contributed by atoms with Crippen molar-refractivity contribution < 1.29 is 19.5 Å². The zero-order chi connectivity index (χ0) is 22.4. The maximum atomic E-state index is 12.8. The summed E-state index contributed by atoms with van der Waals surface area (Å²) in [5, 5.41) is 14.5. The molecule has 9 nitrogen and oxygen atoms in total. The van der Waals surface area contributed by atoms with E-state index in [1.807, 2.05) is 0 Å². The molecule has 2 amide bonds. The van der Waals surface area contributed by atoms with Gasteiger partial charge in [-0.05, 0) is 52.3 Å². The lowest BCUT2D eigenvalue weighted by Gasteiger charge is -2.21. The highest BCUT2D eigenvalue weighted by molar-refractivity contribution is 9.10. The predicted molar refractivity (Wildman–Crippen MR) is 120 cm³/mol. The molecule has 0 saturated heterocycles. The van der Waals surface area contributed by atoms with E-state index in [0.29, 0.717) is 40.5 Å². The molecule has 0 unspecified atom stereocenters. The van der Waals surface area contributed by atoms with Crippen molar-refractivity contribution in [2.75, 3.05) is 17.3 Å². The lowest BCUT2D eigenvalue weighted by molar-refractivity contribution is -0.106. The van der Waals surface area contributed by atoms with Crippen molar-refractivity contribution in [2.24, 2.45) is 10.9 Å². The van der Waals surface area contributed by atoms with Crippen LogP contribution >= 0.6 is 15.9 Å². The van der Waals surface area contributed by atoms with Gasteiger partial charge in [0.05, 0.1) is 18.5 Å². The molecule has 0 aliphatic carbocycles. The molecule has 3 rings (SSSR count). The molecule has 0 atom stereocenters. The number of hydrogen-bond donors (Lipinski definition) is 3. The monoisotopic (exact) mass is 483 g/mol. The number of anilines is 3. The Kier molecular flexibility index (Phi) is 6.83. The summed E-state index contributed by atoms with van der Waals surface area (Å²) >= 11 is 3.31. The largest absolute Gasteiger partial charge is 0.497 e. The molecule has 1 aromatic heterocycles. The number of aromatic nitrogens is 1. The molecule has 10 heteroatoms. The number of carbonyl (C=O) groups is 2. The number of benzene rings is 2. The van der Waals surface area contributed by atoms with E-state index in [2.05, 4.69) is 31.4 Å². The van der Waals surface area contributed by atoms with Crippen LogP contribution in [0.15, 0.2) is 70.4 Å². The van der Waals surface area contributed by atoms with Crippen LogP contribution in [0.3, 0.4) is 0 Å². The van der Waals surface area contributed by atoms with Crippen molar-refractivity contribution in [3.05, 3.63) is 76.4 Å². The molecule has 2 aromatic carbocycles. The van der Waals surface area contributed by atoms with Gasteiger partial charge in [-0.25, -0.2) is 4.98 Å². The van der Waals surface area contributed by atoms with Gasteiger partial charge in [-0.15, -0.1) is 0 Å². The van der Waals surface area contributed by atoms with Crippen LogP contribution in [0.1, 0.15) is 15.9 Å². The number of halogens is 1. The quantitative estimate of drug-likeness (QED) is 0.155. The molecule has 31 heavy (non-hydrogen) atoms. The van der Waals surface area contributed by atoms with Crippen molar-refractivity contribution >= 4 is 51.3 Å². The van der Waals surface area contributed by atoms with Crippen molar-refractivity contribution in [3.63, 3.8) is 0 Å². The highest BCUT2D eigenvalue weighted by Gasteiger charge is 2.18. The number of nitrogens with two attached hydrogens (primary N) is 1. The average molecular weight is 484 g/mol. The molecule has 0 fully saturated rings. The molecule has 3 aromatic rings. The number of pyridine rings is 1. The highest BCUT2D eigenvalue weighted by Crippen LogP contribution is 2.34. The summed E-state index contributed by atoms with van der Waals surface area (Å²) in [6.45, 7) is 0. The second-order valence-corrected chi connectivity index (χ2v) is 7.13. The van der Waals surface area contributed by atoms with Gasteiger partial charge < -0.3 is 21.0 Å². The topological polar surface area (TPSA) is 130 Å². The first-order valence-electron chi connectivity index (χ1n) is 8.90. The molecule has 1 heterocycles. The molecule has 0 saturated carbocycles. The lowest BCUT2D eigenvalue weighted by atomic mass is 10.1. The SMILES string of the molecule is COc1ccc(NC(=O)c2ccc(C(N)=NO)cc2)c(N(C=O)c2ccc(Br)cn2)c1. The normalized spacial score (nSPS) is 11.0. The lowest BCUT2D eigenvalue weighted by Crippen LogP contribution is -2.20. The Balaban J connectivity index is 1.94. The van der Waals surface area contributed by atoms with Crippen LogP contribution in [0.25, 0.3) is 0 Å². The summed E-state index contributed by atoms with van der Waals surface area (Å²) in [5.74, 6) is 0.394. The van der Waals surface area contributed by atoms with Gasteiger partial charge in [0.1, 0.15) is 11.6 Å². The van der Waals surface area contributed by atoms with E-state index >= 15 is 0 Å². The number of ether oxygens (including phenoxy) is 1. The van der Waals surface area contributed by atoms with Crippen molar-refractivity contribution in [1.29, 1.82) is 0 Å². The molecule has 0 aliphatic heterocycles. The fourth-order valence-electron chi connectivity index (χ4n) is 2.73. The molecule has 0 bridgehead atoms. The Labute approximate surface area is 186 Å². The molecule has 158 valence electrons. The third-order valence-electron chi connectivity index (χ3n) is 4.33. The summed E-state index contributed by atoms with van der Waals surface area (Å²) in [7, 11) is 1.50. The van der Waals surface area contributed by atoms with Gasteiger partial charge in [0.2, 0.25) is 6.41 Å². The molecule has 0 aliphatic rings. The number of nitrogens with zero attached hydrogens (tertiary/aromatic N) is 3.